The number of hydrogen-bond donors (Lipinski definition) is 2. The second-order valence-electron chi connectivity index (χ2n) is 9.05. The average Bonchev–Trinajstić information content (AvgIpc) is 3.34. The lowest BCUT2D eigenvalue weighted by Crippen LogP contribution is -2.45. The summed E-state index contributed by atoms with van der Waals surface area (Å²) in [7, 11) is -4.35. The molecule has 2 aromatic carbocycles. The van der Waals surface area contributed by atoms with Crippen LogP contribution in [-0.2, 0) is 14.8 Å². The minimum atomic E-state index is -4.35. The van der Waals surface area contributed by atoms with Gasteiger partial charge >= 0.3 is 5.97 Å². The molecule has 40 heavy (non-hydrogen) atoms. The van der Waals surface area contributed by atoms with E-state index in [-0.39, 0.29) is 39.5 Å². The second kappa shape index (κ2) is 12.2. The highest BCUT2D eigenvalue weighted by Crippen LogP contribution is 2.33. The quantitative estimate of drug-likeness (QED) is 0.291. The summed E-state index contributed by atoms with van der Waals surface area (Å²) < 4.78 is 30.3. The van der Waals surface area contributed by atoms with E-state index in [9.17, 15) is 18.3 Å². The minimum absolute atomic E-state index is 0. The van der Waals surface area contributed by atoms with Gasteiger partial charge < -0.3 is 15.3 Å². The number of nitrogens with zero attached hydrogens (tertiary/aromatic N) is 5. The molecule has 10 nitrogen and oxygen atoms in total. The van der Waals surface area contributed by atoms with Crippen molar-refractivity contribution in [2.24, 2.45) is 0 Å². The van der Waals surface area contributed by atoms with Gasteiger partial charge in [0, 0.05) is 54.0 Å². The lowest BCUT2D eigenvalue weighted by atomic mass is 10.2. The molecule has 1 aliphatic rings. The lowest BCUT2D eigenvalue weighted by Gasteiger charge is -2.30. The number of piperazine rings is 1. The molecule has 0 bridgehead atoms. The number of sulfonamides is 1. The zero-order valence-corrected chi connectivity index (χ0v) is 24.5. The predicted octanol–water partition coefficient (Wildman–Crippen LogP) is 4.62. The maximum Gasteiger partial charge on any atom is 0.327 e. The molecule has 14 heteroatoms. The van der Waals surface area contributed by atoms with Gasteiger partial charge in [-0.3, -0.25) is 8.87 Å². The van der Waals surface area contributed by atoms with Gasteiger partial charge in [-0.2, -0.15) is 4.98 Å². The first-order valence-corrected chi connectivity index (χ1v) is 14.5. The third-order valence-corrected chi connectivity index (χ3v) is 8.81. The zero-order valence-electron chi connectivity index (χ0n) is 21.4. The topological polar surface area (TPSA) is 121 Å². The van der Waals surface area contributed by atoms with Crippen LogP contribution in [0.2, 0.25) is 10.0 Å². The largest absolute Gasteiger partial charge is 0.480 e. The number of aliphatic carboxylic acids is 1. The van der Waals surface area contributed by atoms with Crippen molar-refractivity contribution in [3.05, 3.63) is 71.0 Å². The highest BCUT2D eigenvalue weighted by Gasteiger charge is 2.36. The molecule has 0 amide bonds. The smallest absolute Gasteiger partial charge is 0.327 e. The SMILES string of the molecule is CCC(C(=O)O)N(c1ccc2c(ccn2-c2nccc(N3CCNCC3)n2)c1)S(=O)(=O)c1cc(Cl)cc(Cl)c1.Cl. The van der Waals surface area contributed by atoms with Gasteiger partial charge in [-0.05, 0) is 55.0 Å². The fraction of sp³-hybridized carbons (Fsp3) is 0.269. The zero-order chi connectivity index (χ0) is 27.7. The van der Waals surface area contributed by atoms with Gasteiger partial charge in [-0.1, -0.05) is 30.1 Å². The van der Waals surface area contributed by atoms with E-state index in [0.717, 1.165) is 41.8 Å². The minimum Gasteiger partial charge on any atom is -0.480 e. The highest BCUT2D eigenvalue weighted by molar-refractivity contribution is 7.93. The number of aromatic nitrogens is 3. The molecule has 5 rings (SSSR count). The summed E-state index contributed by atoms with van der Waals surface area (Å²) in [5.74, 6) is 0.0264. The molecule has 0 aliphatic carbocycles. The van der Waals surface area contributed by atoms with Crippen LogP contribution >= 0.6 is 35.6 Å². The van der Waals surface area contributed by atoms with E-state index < -0.39 is 22.0 Å². The Morgan fingerprint density at radius 2 is 1.80 bits per heavy atom. The first-order valence-electron chi connectivity index (χ1n) is 12.3. The van der Waals surface area contributed by atoms with Crippen molar-refractivity contribution in [2.75, 3.05) is 35.4 Å². The van der Waals surface area contributed by atoms with Crippen molar-refractivity contribution in [1.82, 2.24) is 19.9 Å². The Balaban J connectivity index is 0.00000370. The van der Waals surface area contributed by atoms with Gasteiger partial charge in [-0.25, -0.2) is 18.2 Å². The monoisotopic (exact) mass is 624 g/mol. The number of hydrogen-bond acceptors (Lipinski definition) is 7. The van der Waals surface area contributed by atoms with Crippen molar-refractivity contribution in [3.8, 4) is 5.95 Å². The fourth-order valence-corrected chi connectivity index (χ4v) is 7.08. The van der Waals surface area contributed by atoms with Crippen LogP contribution in [0.1, 0.15) is 13.3 Å². The fourth-order valence-electron chi connectivity index (χ4n) is 4.68. The molecular weight excluding hydrogens is 599 g/mol. The standard InChI is InChI=1S/C26H26Cl2N6O4S.ClH/c1-2-22(25(35)36)34(39(37,38)21-15-18(27)14-19(28)16-21)20-3-4-23-17(13-20)6-10-33(23)26-30-7-5-24(31-26)32-11-8-29-9-12-32;/h3-7,10,13-16,22,29H,2,8-9,11-12H2,1H3,(H,35,36);1H. The van der Waals surface area contributed by atoms with E-state index in [4.69, 9.17) is 28.2 Å². The Labute approximate surface area is 248 Å². The lowest BCUT2D eigenvalue weighted by molar-refractivity contribution is -0.138. The Bertz CT molecular complexity index is 1620. The number of anilines is 2. The number of carboxylic acid groups (broad SMARTS) is 1. The number of benzene rings is 2. The summed E-state index contributed by atoms with van der Waals surface area (Å²) in [5, 5.41) is 14.2. The van der Waals surface area contributed by atoms with Crippen LogP contribution in [0.4, 0.5) is 11.5 Å². The van der Waals surface area contributed by atoms with E-state index in [0.29, 0.717) is 11.3 Å². The number of rotatable bonds is 8. The molecule has 1 fully saturated rings. The molecule has 1 atom stereocenters. The Morgan fingerprint density at radius 3 is 2.45 bits per heavy atom. The van der Waals surface area contributed by atoms with Crippen LogP contribution < -0.4 is 14.5 Å². The molecule has 0 spiro atoms. The highest BCUT2D eigenvalue weighted by atomic mass is 35.5. The van der Waals surface area contributed by atoms with Crippen LogP contribution in [0, 0.1) is 0 Å². The van der Waals surface area contributed by atoms with Crippen molar-refractivity contribution >= 4 is 74.0 Å². The summed E-state index contributed by atoms with van der Waals surface area (Å²) in [6.45, 7) is 5.06. The Kier molecular flexibility index (Phi) is 9.11. The van der Waals surface area contributed by atoms with Gasteiger partial charge in [0.15, 0.2) is 0 Å². The molecule has 3 heterocycles. The molecule has 1 saturated heterocycles. The van der Waals surface area contributed by atoms with Crippen LogP contribution in [0.25, 0.3) is 16.9 Å². The number of fused-ring (bicyclic) bond motifs is 1. The number of carbonyl (C=O) groups is 1. The molecule has 2 aromatic heterocycles. The summed E-state index contributed by atoms with van der Waals surface area (Å²) in [4.78, 5) is 23.4. The molecular formula is C26H27Cl3N6O4S. The van der Waals surface area contributed by atoms with Gasteiger partial charge in [0.1, 0.15) is 11.9 Å². The third kappa shape index (κ3) is 5.84. The van der Waals surface area contributed by atoms with Crippen molar-refractivity contribution in [3.63, 3.8) is 0 Å². The van der Waals surface area contributed by atoms with Gasteiger partial charge in [0.2, 0.25) is 5.95 Å². The predicted molar refractivity (Wildman–Crippen MR) is 159 cm³/mol. The van der Waals surface area contributed by atoms with E-state index in [2.05, 4.69) is 15.2 Å². The Hall–Kier alpha value is -3.09. The summed E-state index contributed by atoms with van der Waals surface area (Å²) in [6.07, 6.45) is 3.55. The average molecular weight is 626 g/mol. The van der Waals surface area contributed by atoms with Crippen LogP contribution in [0.15, 0.2) is 65.8 Å². The van der Waals surface area contributed by atoms with E-state index in [1.165, 1.54) is 18.2 Å². The van der Waals surface area contributed by atoms with Crippen molar-refractivity contribution in [1.29, 1.82) is 0 Å². The maximum absolute atomic E-state index is 13.8. The first-order chi connectivity index (χ1) is 18.7. The van der Waals surface area contributed by atoms with Gasteiger partial charge in [0.25, 0.3) is 10.0 Å². The molecule has 212 valence electrons. The third-order valence-electron chi connectivity index (χ3n) is 6.56. The summed E-state index contributed by atoms with van der Waals surface area (Å²) in [5.41, 5.74) is 0.934. The Morgan fingerprint density at radius 1 is 1.10 bits per heavy atom. The molecule has 2 N–H and O–H groups in total. The van der Waals surface area contributed by atoms with Gasteiger partial charge in [0.05, 0.1) is 16.1 Å². The molecule has 0 radical (unpaired) electrons. The molecule has 0 saturated carbocycles. The van der Waals surface area contributed by atoms with Crippen molar-refractivity contribution < 1.29 is 18.3 Å². The van der Waals surface area contributed by atoms with Crippen molar-refractivity contribution in [2.45, 2.75) is 24.3 Å². The molecule has 1 unspecified atom stereocenters. The van der Waals surface area contributed by atoms with Crippen LogP contribution in [0.3, 0.4) is 0 Å². The van der Waals surface area contributed by atoms with Crippen LogP contribution in [0.5, 0.6) is 0 Å². The number of halogens is 3. The number of carboxylic acids is 1. The van der Waals surface area contributed by atoms with Gasteiger partial charge in [-0.15, -0.1) is 12.4 Å². The molecule has 1 aliphatic heterocycles. The van der Waals surface area contributed by atoms with E-state index in [1.807, 2.05) is 16.7 Å². The summed E-state index contributed by atoms with van der Waals surface area (Å²) in [6, 6.07) is 11.2. The maximum atomic E-state index is 13.8. The second-order valence-corrected chi connectivity index (χ2v) is 11.7. The van der Waals surface area contributed by atoms with E-state index >= 15 is 0 Å². The number of nitrogens with one attached hydrogen (secondary N) is 1. The van der Waals surface area contributed by atoms with Crippen LogP contribution in [-0.4, -0.2) is 66.2 Å². The first kappa shape index (κ1) is 29.9. The normalized spacial score (nSPS) is 14.5. The van der Waals surface area contributed by atoms with E-state index in [1.54, 1.807) is 37.5 Å². The molecule has 4 aromatic rings. The summed E-state index contributed by atoms with van der Waals surface area (Å²) >= 11 is 12.2.